The summed E-state index contributed by atoms with van der Waals surface area (Å²) in [6, 6.07) is 22.0. The van der Waals surface area contributed by atoms with Crippen molar-refractivity contribution in [3.8, 4) is 0 Å². The summed E-state index contributed by atoms with van der Waals surface area (Å²) in [5.41, 5.74) is 2.21. The van der Waals surface area contributed by atoms with Crippen LogP contribution < -0.4 is 10.2 Å². The number of amides is 1. The van der Waals surface area contributed by atoms with Crippen molar-refractivity contribution in [2.45, 2.75) is 43.5 Å². The molecule has 1 N–H and O–H groups in total. The van der Waals surface area contributed by atoms with Crippen LogP contribution in [0, 0.1) is 0 Å². The molecule has 0 aromatic heterocycles. The largest absolute Gasteiger partial charge is 0.371 e. The Hall–Kier alpha value is -2.86. The zero-order chi connectivity index (χ0) is 22.6. The fourth-order valence-electron chi connectivity index (χ4n) is 4.26. The number of nitrogens with zero attached hydrogens (tertiary/aromatic N) is 1. The molecular weight excluding hydrogens is 420 g/mol. The Morgan fingerprint density at radius 2 is 1.66 bits per heavy atom. The fourth-order valence-corrected chi connectivity index (χ4v) is 5.15. The average molecular weight is 451 g/mol. The molecule has 5 nitrogen and oxygen atoms in total. The quantitative estimate of drug-likeness (QED) is 0.581. The number of rotatable bonds is 7. The lowest BCUT2D eigenvalue weighted by Gasteiger charge is -2.34. The molecule has 3 aromatic rings. The fraction of sp³-hybridized carbons (Fsp3) is 0.346. The van der Waals surface area contributed by atoms with Gasteiger partial charge in [0.25, 0.3) is 0 Å². The number of sulfone groups is 1. The van der Waals surface area contributed by atoms with Gasteiger partial charge in [-0.1, -0.05) is 49.4 Å². The Morgan fingerprint density at radius 3 is 2.34 bits per heavy atom. The summed E-state index contributed by atoms with van der Waals surface area (Å²) in [7, 11) is -3.17. The monoisotopic (exact) mass is 450 g/mol. The Labute approximate surface area is 190 Å². The third-order valence-electron chi connectivity index (χ3n) is 6.26. The molecular formula is C26H30N2O3S. The van der Waals surface area contributed by atoms with Gasteiger partial charge >= 0.3 is 0 Å². The summed E-state index contributed by atoms with van der Waals surface area (Å²) in [6.07, 6.45) is 3.00. The van der Waals surface area contributed by atoms with Crippen molar-refractivity contribution in [2.75, 3.05) is 23.7 Å². The number of carbonyl (C=O) groups is 1. The smallest absolute Gasteiger partial charge is 0.220 e. The summed E-state index contributed by atoms with van der Waals surface area (Å²) >= 11 is 0. The van der Waals surface area contributed by atoms with Gasteiger partial charge in [0.05, 0.1) is 10.6 Å². The van der Waals surface area contributed by atoms with Gasteiger partial charge in [0.1, 0.15) is 0 Å². The first-order chi connectivity index (χ1) is 15.4. The number of benzene rings is 3. The molecule has 0 spiro atoms. The lowest BCUT2D eigenvalue weighted by molar-refractivity contribution is -0.121. The van der Waals surface area contributed by atoms with Crippen LogP contribution in [0.2, 0.25) is 0 Å². The van der Waals surface area contributed by atoms with Crippen LogP contribution in [0.4, 0.5) is 5.69 Å². The molecule has 1 saturated heterocycles. The van der Waals surface area contributed by atoms with Gasteiger partial charge in [-0.2, -0.15) is 0 Å². The highest BCUT2D eigenvalue weighted by Gasteiger charge is 2.21. The number of aryl methyl sites for hydroxylation is 1. The zero-order valence-corrected chi connectivity index (χ0v) is 19.3. The van der Waals surface area contributed by atoms with E-state index in [1.807, 2.05) is 24.3 Å². The van der Waals surface area contributed by atoms with E-state index in [9.17, 15) is 13.2 Å². The van der Waals surface area contributed by atoms with Crippen LogP contribution in [-0.2, 0) is 21.1 Å². The highest BCUT2D eigenvalue weighted by atomic mass is 32.2. The minimum Gasteiger partial charge on any atom is -0.371 e. The second-order valence-electron chi connectivity index (χ2n) is 8.41. The van der Waals surface area contributed by atoms with Crippen molar-refractivity contribution >= 4 is 32.2 Å². The molecule has 1 fully saturated rings. The Balaban J connectivity index is 1.25. The maximum absolute atomic E-state index is 12.5. The van der Waals surface area contributed by atoms with Gasteiger partial charge in [-0.05, 0) is 59.9 Å². The van der Waals surface area contributed by atoms with Crippen molar-refractivity contribution < 1.29 is 13.2 Å². The van der Waals surface area contributed by atoms with Crippen LogP contribution in [0.1, 0.15) is 31.7 Å². The van der Waals surface area contributed by atoms with Gasteiger partial charge in [-0.3, -0.25) is 4.79 Å². The lowest BCUT2D eigenvalue weighted by atomic mass is 10.0. The van der Waals surface area contributed by atoms with Gasteiger partial charge < -0.3 is 10.2 Å². The van der Waals surface area contributed by atoms with Crippen LogP contribution in [0.5, 0.6) is 0 Å². The third-order valence-corrected chi connectivity index (χ3v) is 8.01. The second kappa shape index (κ2) is 9.74. The van der Waals surface area contributed by atoms with Gasteiger partial charge in [-0.15, -0.1) is 0 Å². The standard InChI is InChI=1S/C26H30N2O3S/c1-2-32(30,31)25-12-10-24(11-13-25)28-17-15-23(16-18-28)27-26(29)14-8-20-7-9-21-5-3-4-6-22(21)19-20/h3-7,9-13,19,23H,2,8,14-18H2,1H3,(H,27,29). The number of carbonyl (C=O) groups excluding carboxylic acids is 1. The molecule has 1 heterocycles. The van der Waals surface area contributed by atoms with Crippen LogP contribution >= 0.6 is 0 Å². The second-order valence-corrected chi connectivity index (χ2v) is 10.7. The molecule has 0 radical (unpaired) electrons. The highest BCUT2D eigenvalue weighted by molar-refractivity contribution is 7.91. The summed E-state index contributed by atoms with van der Waals surface area (Å²) < 4.78 is 24.0. The maximum Gasteiger partial charge on any atom is 0.220 e. The lowest BCUT2D eigenvalue weighted by Crippen LogP contribution is -2.44. The first kappa shape index (κ1) is 22.3. The van der Waals surface area contributed by atoms with Gasteiger partial charge in [0.15, 0.2) is 9.84 Å². The average Bonchev–Trinajstić information content (AvgIpc) is 2.83. The number of hydrogen-bond donors (Lipinski definition) is 1. The van der Waals surface area contributed by atoms with Gasteiger partial charge in [-0.25, -0.2) is 8.42 Å². The third kappa shape index (κ3) is 5.30. The van der Waals surface area contributed by atoms with Crippen LogP contribution in [-0.4, -0.2) is 39.2 Å². The van der Waals surface area contributed by atoms with E-state index in [2.05, 4.69) is 40.5 Å². The molecule has 0 bridgehead atoms. The number of nitrogens with one attached hydrogen (secondary N) is 1. The molecule has 0 atom stereocenters. The Kier molecular flexibility index (Phi) is 6.80. The van der Waals surface area contributed by atoms with Crippen molar-refractivity contribution in [3.63, 3.8) is 0 Å². The topological polar surface area (TPSA) is 66.5 Å². The molecule has 0 unspecified atom stereocenters. The predicted molar refractivity (Wildman–Crippen MR) is 130 cm³/mol. The van der Waals surface area contributed by atoms with E-state index in [1.54, 1.807) is 19.1 Å². The number of fused-ring (bicyclic) bond motifs is 1. The van der Waals surface area contributed by atoms with Crippen molar-refractivity contribution in [1.29, 1.82) is 0 Å². The van der Waals surface area contributed by atoms with E-state index in [-0.39, 0.29) is 17.7 Å². The van der Waals surface area contributed by atoms with E-state index in [1.165, 1.54) is 16.3 Å². The van der Waals surface area contributed by atoms with Crippen molar-refractivity contribution in [1.82, 2.24) is 5.32 Å². The summed E-state index contributed by atoms with van der Waals surface area (Å²) in [4.78, 5) is 15.1. The van der Waals surface area contributed by atoms with E-state index in [4.69, 9.17) is 0 Å². The number of anilines is 1. The molecule has 32 heavy (non-hydrogen) atoms. The van der Waals surface area contributed by atoms with Crippen molar-refractivity contribution in [2.24, 2.45) is 0 Å². The van der Waals surface area contributed by atoms with Crippen LogP contribution in [0.15, 0.2) is 71.6 Å². The molecule has 6 heteroatoms. The SMILES string of the molecule is CCS(=O)(=O)c1ccc(N2CCC(NC(=O)CCc3ccc4ccccc4c3)CC2)cc1. The molecule has 3 aromatic carbocycles. The van der Waals surface area contributed by atoms with Gasteiger partial charge in [0.2, 0.25) is 5.91 Å². The molecule has 4 rings (SSSR count). The van der Waals surface area contributed by atoms with Crippen molar-refractivity contribution in [3.05, 3.63) is 72.3 Å². The summed E-state index contributed by atoms with van der Waals surface area (Å²) in [5.74, 6) is 0.212. The summed E-state index contributed by atoms with van der Waals surface area (Å²) in [6.45, 7) is 3.34. The molecule has 1 aliphatic heterocycles. The van der Waals surface area contributed by atoms with Crippen LogP contribution in [0.3, 0.4) is 0 Å². The first-order valence-electron chi connectivity index (χ1n) is 11.3. The van der Waals surface area contributed by atoms with E-state index < -0.39 is 9.84 Å². The predicted octanol–water partition coefficient (Wildman–Crippen LogP) is 4.35. The van der Waals surface area contributed by atoms with E-state index >= 15 is 0 Å². The molecule has 1 amide bonds. The van der Waals surface area contributed by atoms with Crippen LogP contribution in [0.25, 0.3) is 10.8 Å². The van der Waals surface area contributed by atoms with E-state index in [0.717, 1.165) is 38.0 Å². The molecule has 168 valence electrons. The minimum absolute atomic E-state index is 0.103. The molecule has 0 aliphatic carbocycles. The number of hydrogen-bond acceptors (Lipinski definition) is 4. The minimum atomic E-state index is -3.17. The Bertz CT molecular complexity index is 1180. The number of piperidine rings is 1. The highest BCUT2D eigenvalue weighted by Crippen LogP contribution is 2.23. The zero-order valence-electron chi connectivity index (χ0n) is 18.5. The maximum atomic E-state index is 12.5. The van der Waals surface area contributed by atoms with E-state index in [0.29, 0.717) is 11.3 Å². The summed E-state index contributed by atoms with van der Waals surface area (Å²) in [5, 5.41) is 5.61. The Morgan fingerprint density at radius 1 is 0.969 bits per heavy atom. The molecule has 0 saturated carbocycles. The normalized spacial score (nSPS) is 15.1. The van der Waals surface area contributed by atoms with Gasteiger partial charge in [0, 0.05) is 31.2 Å². The molecule has 1 aliphatic rings. The first-order valence-corrected chi connectivity index (χ1v) is 12.9.